The lowest BCUT2D eigenvalue weighted by atomic mass is 10.0. The molecule has 7 heteroatoms. The van der Waals surface area contributed by atoms with Crippen molar-refractivity contribution in [1.29, 1.82) is 0 Å². The summed E-state index contributed by atoms with van der Waals surface area (Å²) < 4.78 is 5.24. The van der Waals surface area contributed by atoms with Crippen LogP contribution in [0, 0.1) is 13.8 Å². The third kappa shape index (κ3) is 5.27. The minimum atomic E-state index is -0.743. The average molecular weight is 471 g/mol. The third-order valence-electron chi connectivity index (χ3n) is 5.35. The number of nitrogens with one attached hydrogen (secondary N) is 1. The van der Waals surface area contributed by atoms with Gasteiger partial charge in [0.15, 0.2) is 17.5 Å². The maximum absolute atomic E-state index is 12.9. The van der Waals surface area contributed by atoms with E-state index < -0.39 is 18.5 Å². The first-order valence-corrected chi connectivity index (χ1v) is 11.5. The van der Waals surface area contributed by atoms with Crippen LogP contribution in [0.2, 0.25) is 0 Å². The van der Waals surface area contributed by atoms with E-state index in [4.69, 9.17) is 4.74 Å². The lowest BCUT2D eigenvalue weighted by Crippen LogP contribution is -2.19. The Hall–Kier alpha value is -4.10. The molecule has 3 aromatic carbocycles. The Morgan fingerprint density at radius 1 is 0.882 bits per heavy atom. The number of carbonyl (C=O) groups excluding carboxylic acids is 3. The topological polar surface area (TPSA) is 85.4 Å². The highest BCUT2D eigenvalue weighted by Gasteiger charge is 2.20. The number of ketones is 1. The summed E-state index contributed by atoms with van der Waals surface area (Å²) in [5.41, 5.74) is 4.44. The smallest absolute Gasteiger partial charge is 0.339 e. The predicted molar refractivity (Wildman–Crippen MR) is 132 cm³/mol. The highest BCUT2D eigenvalue weighted by atomic mass is 32.1. The van der Waals surface area contributed by atoms with Crippen molar-refractivity contribution < 1.29 is 19.1 Å². The van der Waals surface area contributed by atoms with Crippen LogP contribution in [-0.4, -0.2) is 29.3 Å². The Balaban J connectivity index is 1.44. The first kappa shape index (κ1) is 23.1. The SMILES string of the molecule is Cc1ccc(C(=O)COC(=O)c2ccccc2C(=O)Nc2nc(-c3ccccc3)cs2)cc1C. The fourth-order valence-corrected chi connectivity index (χ4v) is 4.02. The molecule has 1 amide bonds. The number of ether oxygens (including phenoxy) is 1. The second kappa shape index (κ2) is 10.2. The van der Waals surface area contributed by atoms with Crippen LogP contribution < -0.4 is 5.32 Å². The van der Waals surface area contributed by atoms with Gasteiger partial charge in [0, 0.05) is 16.5 Å². The predicted octanol–water partition coefficient (Wildman–Crippen LogP) is 5.72. The second-order valence-electron chi connectivity index (χ2n) is 7.70. The standard InChI is InChI=1S/C27H22N2O4S/c1-17-12-13-20(14-18(17)2)24(30)15-33-26(32)22-11-7-6-10-21(22)25(31)29-27-28-23(16-34-27)19-8-4-3-5-9-19/h3-14,16H,15H2,1-2H3,(H,28,29,31). The van der Waals surface area contributed by atoms with E-state index in [1.165, 1.54) is 23.5 Å². The molecule has 0 bridgehead atoms. The van der Waals surface area contributed by atoms with E-state index in [0.29, 0.717) is 10.7 Å². The van der Waals surface area contributed by atoms with Crippen molar-refractivity contribution in [2.45, 2.75) is 13.8 Å². The minimum absolute atomic E-state index is 0.0766. The van der Waals surface area contributed by atoms with E-state index in [1.807, 2.05) is 55.6 Å². The van der Waals surface area contributed by atoms with Crippen LogP contribution in [0.15, 0.2) is 78.2 Å². The van der Waals surface area contributed by atoms with Gasteiger partial charge in [-0.1, -0.05) is 54.6 Å². The Morgan fingerprint density at radius 2 is 1.59 bits per heavy atom. The van der Waals surface area contributed by atoms with Gasteiger partial charge < -0.3 is 4.74 Å². The molecule has 0 saturated carbocycles. The van der Waals surface area contributed by atoms with Gasteiger partial charge in [-0.25, -0.2) is 9.78 Å². The summed E-state index contributed by atoms with van der Waals surface area (Å²) in [6.45, 7) is 3.46. The number of thiazole rings is 1. The molecule has 4 rings (SSSR count). The van der Waals surface area contributed by atoms with Crippen molar-refractivity contribution in [2.75, 3.05) is 11.9 Å². The Kier molecular flexibility index (Phi) is 6.94. The van der Waals surface area contributed by atoms with Crippen LogP contribution in [0.25, 0.3) is 11.3 Å². The van der Waals surface area contributed by atoms with Gasteiger partial charge in [0.05, 0.1) is 16.8 Å². The zero-order valence-electron chi connectivity index (χ0n) is 18.7. The van der Waals surface area contributed by atoms with Crippen molar-refractivity contribution in [3.05, 3.63) is 106 Å². The molecule has 0 saturated heterocycles. The molecule has 0 unspecified atom stereocenters. The number of Topliss-reactive ketones (excluding diaryl/α,β-unsaturated/α-hetero) is 1. The number of carbonyl (C=O) groups is 3. The summed E-state index contributed by atoms with van der Waals surface area (Å²) in [6.07, 6.45) is 0. The number of rotatable bonds is 7. The summed E-state index contributed by atoms with van der Waals surface area (Å²) in [7, 11) is 0. The van der Waals surface area contributed by atoms with Crippen LogP contribution in [0.3, 0.4) is 0 Å². The number of hydrogen-bond donors (Lipinski definition) is 1. The molecule has 0 fully saturated rings. The van der Waals surface area contributed by atoms with E-state index in [9.17, 15) is 14.4 Å². The summed E-state index contributed by atoms with van der Waals surface area (Å²) in [5.74, 6) is -1.54. The molecule has 1 heterocycles. The molecular formula is C27H22N2O4S. The number of hydrogen-bond acceptors (Lipinski definition) is 6. The van der Waals surface area contributed by atoms with Crippen LogP contribution in [0.4, 0.5) is 5.13 Å². The first-order valence-electron chi connectivity index (χ1n) is 10.6. The van der Waals surface area contributed by atoms with Crippen LogP contribution in [0.5, 0.6) is 0 Å². The number of benzene rings is 3. The molecule has 34 heavy (non-hydrogen) atoms. The molecule has 0 aliphatic rings. The lowest BCUT2D eigenvalue weighted by molar-refractivity contribution is 0.0473. The molecule has 1 N–H and O–H groups in total. The van der Waals surface area contributed by atoms with Crippen molar-refractivity contribution >= 4 is 34.1 Å². The van der Waals surface area contributed by atoms with Crippen LogP contribution in [-0.2, 0) is 4.74 Å². The molecule has 0 aliphatic carbocycles. The van der Waals surface area contributed by atoms with Crippen molar-refractivity contribution in [3.8, 4) is 11.3 Å². The molecule has 6 nitrogen and oxygen atoms in total. The molecule has 4 aromatic rings. The number of aryl methyl sites for hydroxylation is 2. The Morgan fingerprint density at radius 3 is 2.32 bits per heavy atom. The normalized spacial score (nSPS) is 10.5. The molecule has 0 atom stereocenters. The van der Waals surface area contributed by atoms with Crippen molar-refractivity contribution in [2.24, 2.45) is 0 Å². The third-order valence-corrected chi connectivity index (χ3v) is 6.11. The van der Waals surface area contributed by atoms with Crippen molar-refractivity contribution in [3.63, 3.8) is 0 Å². The van der Waals surface area contributed by atoms with E-state index in [0.717, 1.165) is 22.4 Å². The summed E-state index contributed by atoms with van der Waals surface area (Å²) in [6, 6.07) is 21.3. The number of esters is 1. The van der Waals surface area contributed by atoms with E-state index >= 15 is 0 Å². The average Bonchev–Trinajstić information content (AvgIpc) is 3.33. The number of nitrogens with zero attached hydrogens (tertiary/aromatic N) is 1. The first-order chi connectivity index (χ1) is 16.4. The maximum Gasteiger partial charge on any atom is 0.339 e. The van der Waals surface area contributed by atoms with Gasteiger partial charge in [0.2, 0.25) is 0 Å². The minimum Gasteiger partial charge on any atom is -0.454 e. The van der Waals surface area contributed by atoms with Crippen molar-refractivity contribution in [1.82, 2.24) is 4.98 Å². The molecule has 1 aromatic heterocycles. The van der Waals surface area contributed by atoms with Gasteiger partial charge in [-0.3, -0.25) is 14.9 Å². The van der Waals surface area contributed by atoms with Gasteiger partial charge in [-0.15, -0.1) is 11.3 Å². The van der Waals surface area contributed by atoms with Gasteiger partial charge in [0.1, 0.15) is 0 Å². The van der Waals surface area contributed by atoms with E-state index in [-0.39, 0.29) is 16.9 Å². The van der Waals surface area contributed by atoms with E-state index in [2.05, 4.69) is 10.3 Å². The number of aromatic nitrogens is 1. The quantitative estimate of drug-likeness (QED) is 0.276. The summed E-state index contributed by atoms with van der Waals surface area (Å²) in [5, 5.41) is 5.00. The maximum atomic E-state index is 12.9. The van der Waals surface area contributed by atoms with Crippen LogP contribution in [0.1, 0.15) is 42.2 Å². The largest absolute Gasteiger partial charge is 0.454 e. The monoisotopic (exact) mass is 470 g/mol. The molecule has 0 aliphatic heterocycles. The fraction of sp³-hybridized carbons (Fsp3) is 0.111. The van der Waals surface area contributed by atoms with Gasteiger partial charge >= 0.3 is 5.97 Å². The fourth-order valence-electron chi connectivity index (χ4n) is 3.30. The zero-order chi connectivity index (χ0) is 24.1. The summed E-state index contributed by atoms with van der Waals surface area (Å²) in [4.78, 5) is 42.5. The van der Waals surface area contributed by atoms with Gasteiger partial charge in [-0.2, -0.15) is 0 Å². The van der Waals surface area contributed by atoms with Gasteiger partial charge in [0.25, 0.3) is 5.91 Å². The molecule has 0 spiro atoms. The molecule has 170 valence electrons. The van der Waals surface area contributed by atoms with Gasteiger partial charge in [-0.05, 0) is 43.2 Å². The molecule has 0 radical (unpaired) electrons. The summed E-state index contributed by atoms with van der Waals surface area (Å²) >= 11 is 1.29. The number of anilines is 1. The van der Waals surface area contributed by atoms with E-state index in [1.54, 1.807) is 24.3 Å². The zero-order valence-corrected chi connectivity index (χ0v) is 19.5. The highest BCUT2D eigenvalue weighted by molar-refractivity contribution is 7.14. The molecular weight excluding hydrogens is 448 g/mol. The number of amides is 1. The lowest BCUT2D eigenvalue weighted by Gasteiger charge is -2.09. The second-order valence-corrected chi connectivity index (χ2v) is 8.56. The Bertz CT molecular complexity index is 1360. The Labute approximate surface area is 201 Å². The highest BCUT2D eigenvalue weighted by Crippen LogP contribution is 2.25. The van der Waals surface area contributed by atoms with Crippen LogP contribution >= 0.6 is 11.3 Å².